The Morgan fingerprint density at radius 2 is 1.86 bits per heavy atom. The number of aromatic carboxylic acids is 1. The molecule has 2 N–H and O–H groups in total. The molecule has 0 saturated heterocycles. The fraction of sp³-hybridized carbons (Fsp3) is 0.0667. The highest BCUT2D eigenvalue weighted by Crippen LogP contribution is 2.23. The Hall–Kier alpha value is -1.85. The summed E-state index contributed by atoms with van der Waals surface area (Å²) < 4.78 is 0.446. The van der Waals surface area contributed by atoms with Gasteiger partial charge in [-0.05, 0) is 58.7 Å². The first-order valence-corrected chi connectivity index (χ1v) is 7.16. The maximum Gasteiger partial charge on any atom is 0.336 e. The molecule has 2 rings (SSSR count). The van der Waals surface area contributed by atoms with Crippen LogP contribution in [0.4, 0.5) is 5.69 Å². The number of rotatable bonds is 3. The van der Waals surface area contributed by atoms with Crippen LogP contribution in [-0.4, -0.2) is 17.0 Å². The molecular formula is C15H11BrClNO3. The molecule has 0 aliphatic rings. The molecule has 0 aromatic heterocycles. The lowest BCUT2D eigenvalue weighted by atomic mass is 10.1. The number of carbonyl (C=O) groups excluding carboxylic acids is 1. The molecule has 0 fully saturated rings. The minimum atomic E-state index is -1.08. The average molecular weight is 369 g/mol. The number of nitrogens with one attached hydrogen (secondary N) is 1. The third kappa shape index (κ3) is 3.62. The molecule has 2 aromatic carbocycles. The van der Waals surface area contributed by atoms with Crippen molar-refractivity contribution in [3.05, 3.63) is 62.6 Å². The molecule has 0 bridgehead atoms. The monoisotopic (exact) mass is 367 g/mol. The Morgan fingerprint density at radius 1 is 1.14 bits per heavy atom. The summed E-state index contributed by atoms with van der Waals surface area (Å²) in [6.07, 6.45) is 0. The van der Waals surface area contributed by atoms with Crippen molar-refractivity contribution in [1.82, 2.24) is 0 Å². The molecular weight excluding hydrogens is 358 g/mol. The number of benzene rings is 2. The zero-order chi connectivity index (χ0) is 15.6. The maximum absolute atomic E-state index is 12.2. The topological polar surface area (TPSA) is 66.4 Å². The maximum atomic E-state index is 12.2. The van der Waals surface area contributed by atoms with E-state index in [1.165, 1.54) is 6.07 Å². The van der Waals surface area contributed by atoms with Crippen molar-refractivity contribution in [2.75, 3.05) is 5.32 Å². The van der Waals surface area contributed by atoms with E-state index in [0.29, 0.717) is 20.7 Å². The van der Waals surface area contributed by atoms with E-state index >= 15 is 0 Å². The van der Waals surface area contributed by atoms with Crippen LogP contribution in [0.1, 0.15) is 26.3 Å². The summed E-state index contributed by atoms with van der Waals surface area (Å²) in [5.74, 6) is -1.47. The van der Waals surface area contributed by atoms with Gasteiger partial charge in [-0.3, -0.25) is 4.79 Å². The van der Waals surface area contributed by atoms with E-state index in [-0.39, 0.29) is 5.56 Å². The molecule has 0 heterocycles. The zero-order valence-electron chi connectivity index (χ0n) is 11.0. The number of anilines is 1. The molecule has 0 radical (unpaired) electrons. The van der Waals surface area contributed by atoms with Crippen molar-refractivity contribution in [1.29, 1.82) is 0 Å². The minimum absolute atomic E-state index is 0.0720. The van der Waals surface area contributed by atoms with Gasteiger partial charge in [0.1, 0.15) is 0 Å². The standard InChI is InChI=1S/C15H11BrClNO3/c1-8-2-4-10(13(17)6-8)14(19)18-9-3-5-12(16)11(7-9)15(20)21/h2-7H,1H3,(H,18,19)(H,20,21). The number of amides is 1. The predicted molar refractivity (Wildman–Crippen MR) is 85.2 cm³/mol. The van der Waals surface area contributed by atoms with E-state index in [4.69, 9.17) is 16.7 Å². The van der Waals surface area contributed by atoms with Gasteiger partial charge in [-0.1, -0.05) is 17.7 Å². The molecule has 0 spiro atoms. The van der Waals surface area contributed by atoms with Crippen LogP contribution in [-0.2, 0) is 0 Å². The molecule has 2 aromatic rings. The quantitative estimate of drug-likeness (QED) is 0.846. The van der Waals surface area contributed by atoms with Gasteiger partial charge in [0, 0.05) is 10.2 Å². The van der Waals surface area contributed by atoms with Crippen molar-refractivity contribution in [2.24, 2.45) is 0 Å². The Labute approximate surface area is 134 Å². The van der Waals surface area contributed by atoms with Crippen molar-refractivity contribution < 1.29 is 14.7 Å². The van der Waals surface area contributed by atoms with Crippen LogP contribution >= 0.6 is 27.5 Å². The molecule has 0 unspecified atom stereocenters. The highest BCUT2D eigenvalue weighted by atomic mass is 79.9. The molecule has 108 valence electrons. The van der Waals surface area contributed by atoms with Gasteiger partial charge >= 0.3 is 5.97 Å². The van der Waals surface area contributed by atoms with E-state index in [1.807, 2.05) is 6.92 Å². The van der Waals surface area contributed by atoms with Crippen LogP contribution in [0.15, 0.2) is 40.9 Å². The summed E-state index contributed by atoms with van der Waals surface area (Å²) in [7, 11) is 0. The number of halogens is 2. The molecule has 0 aliphatic carbocycles. The van der Waals surface area contributed by atoms with Gasteiger partial charge < -0.3 is 10.4 Å². The van der Waals surface area contributed by atoms with E-state index in [9.17, 15) is 9.59 Å². The fourth-order valence-corrected chi connectivity index (χ4v) is 2.51. The molecule has 1 amide bonds. The molecule has 0 aliphatic heterocycles. The molecule has 6 heteroatoms. The van der Waals surface area contributed by atoms with Crippen LogP contribution in [0.2, 0.25) is 5.02 Å². The molecule has 0 atom stereocenters. The second-order valence-electron chi connectivity index (χ2n) is 4.44. The van der Waals surface area contributed by atoms with Crippen LogP contribution in [0.3, 0.4) is 0 Å². The summed E-state index contributed by atoms with van der Waals surface area (Å²) in [4.78, 5) is 23.2. The molecule has 4 nitrogen and oxygen atoms in total. The summed E-state index contributed by atoms with van der Waals surface area (Å²) in [6, 6.07) is 9.66. The van der Waals surface area contributed by atoms with E-state index in [0.717, 1.165) is 5.56 Å². The largest absolute Gasteiger partial charge is 0.478 e. The van der Waals surface area contributed by atoms with E-state index in [1.54, 1.807) is 30.3 Å². The predicted octanol–water partition coefficient (Wildman–Crippen LogP) is 4.36. The highest BCUT2D eigenvalue weighted by Gasteiger charge is 2.13. The van der Waals surface area contributed by atoms with E-state index in [2.05, 4.69) is 21.2 Å². The number of carbonyl (C=O) groups is 2. The third-order valence-electron chi connectivity index (χ3n) is 2.82. The van der Waals surface area contributed by atoms with Gasteiger partial charge in [-0.25, -0.2) is 4.79 Å². The zero-order valence-corrected chi connectivity index (χ0v) is 13.3. The lowest BCUT2D eigenvalue weighted by Crippen LogP contribution is -2.13. The Balaban J connectivity index is 2.27. The number of hydrogen-bond donors (Lipinski definition) is 2. The minimum Gasteiger partial charge on any atom is -0.478 e. The van der Waals surface area contributed by atoms with Crippen molar-refractivity contribution in [2.45, 2.75) is 6.92 Å². The summed E-state index contributed by atoms with van der Waals surface area (Å²) in [5, 5.41) is 12.0. The van der Waals surface area contributed by atoms with Gasteiger partial charge in [0.25, 0.3) is 5.91 Å². The van der Waals surface area contributed by atoms with Gasteiger partial charge in [0.15, 0.2) is 0 Å². The molecule has 21 heavy (non-hydrogen) atoms. The number of hydrogen-bond acceptors (Lipinski definition) is 2. The van der Waals surface area contributed by atoms with Crippen molar-refractivity contribution in [3.8, 4) is 0 Å². The summed E-state index contributed by atoms with van der Waals surface area (Å²) in [6.45, 7) is 1.88. The second-order valence-corrected chi connectivity index (χ2v) is 5.70. The third-order valence-corrected chi connectivity index (χ3v) is 3.83. The van der Waals surface area contributed by atoms with Gasteiger partial charge in [-0.2, -0.15) is 0 Å². The Kier molecular flexibility index (Phi) is 4.65. The normalized spacial score (nSPS) is 10.2. The first-order valence-electron chi connectivity index (χ1n) is 5.99. The summed E-state index contributed by atoms with van der Waals surface area (Å²) in [5.41, 5.74) is 1.75. The van der Waals surface area contributed by atoms with Gasteiger partial charge in [0.05, 0.1) is 16.1 Å². The highest BCUT2D eigenvalue weighted by molar-refractivity contribution is 9.10. The summed E-state index contributed by atoms with van der Waals surface area (Å²) >= 11 is 9.18. The van der Waals surface area contributed by atoms with Crippen molar-refractivity contribution >= 4 is 45.1 Å². The second kappa shape index (κ2) is 6.28. The Morgan fingerprint density at radius 3 is 2.48 bits per heavy atom. The number of carboxylic acid groups (broad SMARTS) is 1. The lowest BCUT2D eigenvalue weighted by Gasteiger charge is -2.09. The fourth-order valence-electron chi connectivity index (χ4n) is 1.77. The SMILES string of the molecule is Cc1ccc(C(=O)Nc2ccc(Br)c(C(=O)O)c2)c(Cl)c1. The van der Waals surface area contributed by atoms with Gasteiger partial charge in [-0.15, -0.1) is 0 Å². The first-order chi connectivity index (χ1) is 9.88. The smallest absolute Gasteiger partial charge is 0.336 e. The van der Waals surface area contributed by atoms with Crippen LogP contribution < -0.4 is 5.32 Å². The first kappa shape index (κ1) is 15.5. The van der Waals surface area contributed by atoms with Crippen LogP contribution in [0.5, 0.6) is 0 Å². The number of carboxylic acids is 1. The van der Waals surface area contributed by atoms with Crippen LogP contribution in [0, 0.1) is 6.92 Å². The van der Waals surface area contributed by atoms with Crippen LogP contribution in [0.25, 0.3) is 0 Å². The van der Waals surface area contributed by atoms with Gasteiger partial charge in [0.2, 0.25) is 0 Å². The molecule has 0 saturated carbocycles. The Bertz CT molecular complexity index is 731. The number of aryl methyl sites for hydroxylation is 1. The van der Waals surface area contributed by atoms with E-state index < -0.39 is 11.9 Å². The lowest BCUT2D eigenvalue weighted by molar-refractivity contribution is 0.0695. The van der Waals surface area contributed by atoms with Crippen molar-refractivity contribution in [3.63, 3.8) is 0 Å². The average Bonchev–Trinajstić information content (AvgIpc) is 2.40.